The predicted octanol–water partition coefficient (Wildman–Crippen LogP) is 1.47. The minimum atomic E-state index is 0.578. The van der Waals surface area contributed by atoms with Crippen LogP contribution in [-0.4, -0.2) is 48.6 Å². The third kappa shape index (κ3) is 2.47. The molecule has 4 nitrogen and oxygen atoms in total. The van der Waals surface area contributed by atoms with Crippen LogP contribution in [-0.2, 0) is 6.54 Å². The first kappa shape index (κ1) is 12.9. The summed E-state index contributed by atoms with van der Waals surface area (Å²) in [6.07, 6.45) is 6.65. The second kappa shape index (κ2) is 5.47. The minimum Gasteiger partial charge on any atom is -0.364 e. The summed E-state index contributed by atoms with van der Waals surface area (Å²) in [4.78, 5) is 9.56. The number of fused-ring (bicyclic) bond motifs is 1. The highest BCUT2D eigenvalue weighted by molar-refractivity contribution is 5.53. The van der Waals surface area contributed by atoms with Crippen LogP contribution in [0.3, 0.4) is 0 Å². The van der Waals surface area contributed by atoms with Crippen molar-refractivity contribution in [1.29, 1.82) is 0 Å². The maximum absolute atomic E-state index is 4.34. The van der Waals surface area contributed by atoms with Crippen molar-refractivity contribution in [2.75, 3.05) is 31.6 Å². The van der Waals surface area contributed by atoms with Crippen LogP contribution in [0.4, 0.5) is 5.69 Å². The van der Waals surface area contributed by atoms with E-state index in [0.717, 1.165) is 19.1 Å². The van der Waals surface area contributed by atoms with Crippen LogP contribution in [0.15, 0.2) is 18.5 Å². The summed E-state index contributed by atoms with van der Waals surface area (Å²) < 4.78 is 0. The number of nitrogens with zero attached hydrogens (tertiary/aromatic N) is 3. The van der Waals surface area contributed by atoms with Crippen LogP contribution in [0.2, 0.25) is 0 Å². The molecule has 104 valence electrons. The zero-order chi connectivity index (χ0) is 13.2. The predicted molar refractivity (Wildman–Crippen MR) is 78.4 cm³/mol. The van der Waals surface area contributed by atoms with Crippen molar-refractivity contribution in [2.45, 2.75) is 38.4 Å². The molecule has 3 rings (SSSR count). The summed E-state index contributed by atoms with van der Waals surface area (Å²) in [6.45, 7) is 6.89. The van der Waals surface area contributed by atoms with Gasteiger partial charge in [0.2, 0.25) is 0 Å². The minimum absolute atomic E-state index is 0.578. The van der Waals surface area contributed by atoms with Gasteiger partial charge in [0.25, 0.3) is 0 Å². The number of anilines is 1. The van der Waals surface area contributed by atoms with E-state index in [0.29, 0.717) is 6.04 Å². The molecule has 2 fully saturated rings. The number of aromatic nitrogens is 1. The van der Waals surface area contributed by atoms with E-state index in [4.69, 9.17) is 0 Å². The average molecular weight is 260 g/mol. The van der Waals surface area contributed by atoms with Crippen LogP contribution >= 0.6 is 0 Å². The van der Waals surface area contributed by atoms with Crippen molar-refractivity contribution in [3.05, 3.63) is 24.0 Å². The Hall–Kier alpha value is -1.13. The van der Waals surface area contributed by atoms with Crippen LogP contribution in [0.25, 0.3) is 0 Å². The van der Waals surface area contributed by atoms with Crippen molar-refractivity contribution in [3.63, 3.8) is 0 Å². The van der Waals surface area contributed by atoms with Gasteiger partial charge in [0.05, 0.1) is 11.9 Å². The van der Waals surface area contributed by atoms with Gasteiger partial charge in [-0.15, -0.1) is 0 Å². The molecule has 1 aromatic heterocycles. The molecule has 2 unspecified atom stereocenters. The first-order chi connectivity index (χ1) is 9.29. The summed E-state index contributed by atoms with van der Waals surface area (Å²) in [5, 5.41) is 3.26. The average Bonchev–Trinajstić information content (AvgIpc) is 2.86. The van der Waals surface area contributed by atoms with Gasteiger partial charge >= 0.3 is 0 Å². The van der Waals surface area contributed by atoms with Crippen molar-refractivity contribution >= 4 is 5.69 Å². The van der Waals surface area contributed by atoms with Gasteiger partial charge in [0, 0.05) is 37.9 Å². The lowest BCUT2D eigenvalue weighted by Crippen LogP contribution is -2.55. The molecule has 2 aliphatic heterocycles. The summed E-state index contributed by atoms with van der Waals surface area (Å²) in [5.74, 6) is 0. The van der Waals surface area contributed by atoms with Crippen molar-refractivity contribution in [1.82, 2.24) is 15.2 Å². The fourth-order valence-electron chi connectivity index (χ4n) is 3.54. The molecule has 0 saturated carbocycles. The maximum atomic E-state index is 4.34. The number of nitrogens with one attached hydrogen (secondary N) is 1. The third-order valence-electron chi connectivity index (χ3n) is 4.50. The number of hydrogen-bond donors (Lipinski definition) is 1. The SMILES string of the molecule is CNCc1ccncc1N1CC2CCCN2CC1C. The molecule has 1 aromatic rings. The summed E-state index contributed by atoms with van der Waals surface area (Å²) >= 11 is 0. The largest absolute Gasteiger partial charge is 0.364 e. The summed E-state index contributed by atoms with van der Waals surface area (Å²) in [6, 6.07) is 3.47. The second-order valence-electron chi connectivity index (χ2n) is 5.83. The fourth-order valence-corrected chi connectivity index (χ4v) is 3.54. The molecule has 2 aliphatic rings. The Balaban J connectivity index is 1.84. The molecular formula is C15H24N4. The smallest absolute Gasteiger partial charge is 0.0601 e. The number of hydrogen-bond acceptors (Lipinski definition) is 4. The van der Waals surface area contributed by atoms with Crippen LogP contribution in [0.5, 0.6) is 0 Å². The standard InChI is InChI=1S/C15H24N4/c1-12-10-18-7-3-4-14(18)11-19(12)15-9-17-6-5-13(15)8-16-2/h5-6,9,12,14,16H,3-4,7-8,10-11H2,1-2H3. The number of rotatable bonds is 3. The monoisotopic (exact) mass is 260 g/mol. The summed E-state index contributed by atoms with van der Waals surface area (Å²) in [7, 11) is 2.00. The fraction of sp³-hybridized carbons (Fsp3) is 0.667. The molecule has 0 amide bonds. The van der Waals surface area contributed by atoms with Crippen LogP contribution in [0, 0.1) is 0 Å². The summed E-state index contributed by atoms with van der Waals surface area (Å²) in [5.41, 5.74) is 2.67. The topological polar surface area (TPSA) is 31.4 Å². The van der Waals surface area contributed by atoms with Crippen molar-refractivity contribution < 1.29 is 0 Å². The Labute approximate surface area is 115 Å². The molecule has 0 radical (unpaired) electrons. The molecule has 0 bridgehead atoms. The van der Waals surface area contributed by atoms with Gasteiger partial charge in [-0.05, 0) is 45.0 Å². The lowest BCUT2D eigenvalue weighted by molar-refractivity contribution is 0.202. The van der Waals surface area contributed by atoms with Gasteiger partial charge in [-0.3, -0.25) is 9.88 Å². The van der Waals surface area contributed by atoms with Crippen LogP contribution < -0.4 is 10.2 Å². The van der Waals surface area contributed by atoms with Crippen LogP contribution in [0.1, 0.15) is 25.3 Å². The normalized spacial score (nSPS) is 27.6. The van der Waals surface area contributed by atoms with Gasteiger partial charge in [0.1, 0.15) is 0 Å². The Morgan fingerprint density at radius 3 is 3.16 bits per heavy atom. The Bertz CT molecular complexity index is 434. The lowest BCUT2D eigenvalue weighted by atomic mass is 10.1. The van der Waals surface area contributed by atoms with E-state index in [1.54, 1.807) is 0 Å². The van der Waals surface area contributed by atoms with E-state index in [1.807, 2.05) is 19.4 Å². The van der Waals surface area contributed by atoms with Gasteiger partial charge in [-0.2, -0.15) is 0 Å². The van der Waals surface area contributed by atoms with E-state index in [1.165, 1.54) is 37.2 Å². The van der Waals surface area contributed by atoms with E-state index >= 15 is 0 Å². The molecular weight excluding hydrogens is 236 g/mol. The Morgan fingerprint density at radius 1 is 1.42 bits per heavy atom. The first-order valence-corrected chi connectivity index (χ1v) is 7.37. The highest BCUT2D eigenvalue weighted by Crippen LogP contribution is 2.30. The maximum Gasteiger partial charge on any atom is 0.0601 e. The van der Waals surface area contributed by atoms with E-state index in [9.17, 15) is 0 Å². The van der Waals surface area contributed by atoms with Gasteiger partial charge in [0.15, 0.2) is 0 Å². The van der Waals surface area contributed by atoms with Gasteiger partial charge in [-0.1, -0.05) is 0 Å². The zero-order valence-electron chi connectivity index (χ0n) is 12.0. The Morgan fingerprint density at radius 2 is 2.32 bits per heavy atom. The highest BCUT2D eigenvalue weighted by atomic mass is 15.3. The molecule has 0 spiro atoms. The molecule has 0 aromatic carbocycles. The first-order valence-electron chi connectivity index (χ1n) is 7.37. The Kier molecular flexibility index (Phi) is 3.71. The molecule has 19 heavy (non-hydrogen) atoms. The second-order valence-corrected chi connectivity index (χ2v) is 5.83. The molecule has 1 N–H and O–H groups in total. The lowest BCUT2D eigenvalue weighted by Gasteiger charge is -2.44. The van der Waals surface area contributed by atoms with Crippen molar-refractivity contribution in [3.8, 4) is 0 Å². The molecule has 4 heteroatoms. The quantitative estimate of drug-likeness (QED) is 0.892. The van der Waals surface area contributed by atoms with Gasteiger partial charge in [-0.25, -0.2) is 0 Å². The molecule has 2 saturated heterocycles. The zero-order valence-corrected chi connectivity index (χ0v) is 12.0. The van der Waals surface area contributed by atoms with E-state index in [2.05, 4.69) is 33.1 Å². The number of piperazine rings is 1. The molecule has 0 aliphatic carbocycles. The van der Waals surface area contributed by atoms with E-state index in [-0.39, 0.29) is 0 Å². The van der Waals surface area contributed by atoms with Gasteiger partial charge < -0.3 is 10.2 Å². The number of pyridine rings is 1. The third-order valence-corrected chi connectivity index (χ3v) is 4.50. The van der Waals surface area contributed by atoms with E-state index < -0.39 is 0 Å². The molecule has 3 heterocycles. The molecule has 2 atom stereocenters. The van der Waals surface area contributed by atoms with Crippen molar-refractivity contribution in [2.24, 2.45) is 0 Å². The highest BCUT2D eigenvalue weighted by Gasteiger charge is 2.34.